The third-order valence-electron chi connectivity index (χ3n) is 4.26. The first-order valence-electron chi connectivity index (χ1n) is 7.12. The first-order valence-corrected chi connectivity index (χ1v) is 7.12. The molecule has 2 aliphatic rings. The van der Waals surface area contributed by atoms with Gasteiger partial charge in [-0.25, -0.2) is 4.79 Å². The lowest BCUT2D eigenvalue weighted by atomic mass is 10.1. The molecular formula is C15H19N3O3. The topological polar surface area (TPSA) is 75.9 Å². The lowest BCUT2D eigenvalue weighted by Gasteiger charge is -2.39. The molecule has 2 fully saturated rings. The Balaban J connectivity index is 1.87. The molecule has 2 heterocycles. The number of anilines is 2. The van der Waals surface area contributed by atoms with Gasteiger partial charge in [0.15, 0.2) is 0 Å². The summed E-state index contributed by atoms with van der Waals surface area (Å²) in [6.45, 7) is 2.17. The molecule has 3 rings (SSSR count). The van der Waals surface area contributed by atoms with Gasteiger partial charge in [-0.3, -0.25) is 4.79 Å². The lowest BCUT2D eigenvalue weighted by Crippen LogP contribution is -2.51. The van der Waals surface area contributed by atoms with E-state index in [0.717, 1.165) is 25.2 Å². The molecule has 6 nitrogen and oxygen atoms in total. The van der Waals surface area contributed by atoms with Gasteiger partial charge in [0, 0.05) is 37.8 Å². The zero-order chi connectivity index (χ0) is 15.0. The van der Waals surface area contributed by atoms with Crippen molar-refractivity contribution in [2.45, 2.75) is 18.9 Å². The summed E-state index contributed by atoms with van der Waals surface area (Å²) >= 11 is 0. The maximum atomic E-state index is 11.9. The van der Waals surface area contributed by atoms with Gasteiger partial charge in [0.1, 0.15) is 0 Å². The summed E-state index contributed by atoms with van der Waals surface area (Å²) in [5, 5.41) is 0. The van der Waals surface area contributed by atoms with Gasteiger partial charge >= 0.3 is 5.97 Å². The molecule has 1 amide bonds. The Kier molecular flexibility index (Phi) is 3.45. The van der Waals surface area contributed by atoms with Crippen molar-refractivity contribution in [2.24, 2.45) is 0 Å². The molecule has 1 atom stereocenters. The van der Waals surface area contributed by atoms with Crippen molar-refractivity contribution in [2.75, 3.05) is 37.4 Å². The molecular weight excluding hydrogens is 270 g/mol. The Morgan fingerprint density at radius 1 is 1.38 bits per heavy atom. The van der Waals surface area contributed by atoms with E-state index in [1.165, 1.54) is 7.11 Å². The summed E-state index contributed by atoms with van der Waals surface area (Å²) in [7, 11) is 1.36. The van der Waals surface area contributed by atoms with Crippen molar-refractivity contribution in [3.8, 4) is 0 Å². The van der Waals surface area contributed by atoms with E-state index >= 15 is 0 Å². The van der Waals surface area contributed by atoms with Crippen LogP contribution in [0.3, 0.4) is 0 Å². The molecule has 112 valence electrons. The van der Waals surface area contributed by atoms with Gasteiger partial charge in [-0.2, -0.15) is 0 Å². The number of hydrogen-bond donors (Lipinski definition) is 1. The number of piperazine rings is 1. The Morgan fingerprint density at radius 2 is 2.19 bits per heavy atom. The fraction of sp³-hybridized carbons (Fsp3) is 0.467. The van der Waals surface area contributed by atoms with Gasteiger partial charge in [-0.1, -0.05) is 0 Å². The molecule has 0 bridgehead atoms. The Hall–Kier alpha value is -2.24. The quantitative estimate of drug-likeness (QED) is 0.646. The summed E-state index contributed by atoms with van der Waals surface area (Å²) in [4.78, 5) is 27.8. The highest BCUT2D eigenvalue weighted by molar-refractivity contribution is 5.97. The van der Waals surface area contributed by atoms with E-state index in [2.05, 4.69) is 4.90 Å². The van der Waals surface area contributed by atoms with E-state index in [1.807, 2.05) is 11.0 Å². The summed E-state index contributed by atoms with van der Waals surface area (Å²) in [6.07, 6.45) is 1.52. The van der Waals surface area contributed by atoms with Crippen LogP contribution in [0.5, 0.6) is 0 Å². The second-order valence-electron chi connectivity index (χ2n) is 5.49. The number of methoxy groups -OCH3 is 1. The van der Waals surface area contributed by atoms with Crippen LogP contribution in [0.2, 0.25) is 0 Å². The zero-order valence-electron chi connectivity index (χ0n) is 12.0. The third-order valence-corrected chi connectivity index (χ3v) is 4.26. The SMILES string of the molecule is COC(=O)c1cc(N)ccc1N1CCN2C(=O)CCC2C1. The number of rotatable bonds is 2. The number of esters is 1. The Morgan fingerprint density at radius 3 is 2.95 bits per heavy atom. The summed E-state index contributed by atoms with van der Waals surface area (Å²) in [5.41, 5.74) is 7.62. The molecule has 0 aliphatic carbocycles. The number of nitrogen functional groups attached to an aromatic ring is 1. The Bertz CT molecular complexity index is 588. The van der Waals surface area contributed by atoms with E-state index in [0.29, 0.717) is 24.2 Å². The molecule has 0 saturated carbocycles. The fourth-order valence-corrected chi connectivity index (χ4v) is 3.19. The standard InChI is InChI=1S/C15H19N3O3/c1-21-15(20)12-8-10(16)2-4-13(12)17-6-7-18-11(9-17)3-5-14(18)19/h2,4,8,11H,3,5-7,9,16H2,1H3. The van der Waals surface area contributed by atoms with Crippen LogP contribution in [0.1, 0.15) is 23.2 Å². The maximum absolute atomic E-state index is 11.9. The van der Waals surface area contributed by atoms with Crippen LogP contribution in [0, 0.1) is 0 Å². The van der Waals surface area contributed by atoms with E-state index in [9.17, 15) is 9.59 Å². The minimum absolute atomic E-state index is 0.241. The summed E-state index contributed by atoms with van der Waals surface area (Å²) in [6, 6.07) is 5.53. The lowest BCUT2D eigenvalue weighted by molar-refractivity contribution is -0.129. The molecule has 1 aromatic carbocycles. The number of carbonyl (C=O) groups excluding carboxylic acids is 2. The highest BCUT2D eigenvalue weighted by Gasteiger charge is 2.36. The number of nitrogens with two attached hydrogens (primary N) is 1. The molecule has 0 spiro atoms. The van der Waals surface area contributed by atoms with Gasteiger partial charge in [0.25, 0.3) is 0 Å². The zero-order valence-corrected chi connectivity index (χ0v) is 12.0. The number of ether oxygens (including phenoxy) is 1. The maximum Gasteiger partial charge on any atom is 0.340 e. The average molecular weight is 289 g/mol. The van der Waals surface area contributed by atoms with Crippen molar-refractivity contribution < 1.29 is 14.3 Å². The number of nitrogens with zero attached hydrogens (tertiary/aromatic N) is 2. The van der Waals surface area contributed by atoms with Crippen molar-refractivity contribution in [1.82, 2.24) is 4.90 Å². The molecule has 0 radical (unpaired) electrons. The predicted octanol–water partition coefficient (Wildman–Crippen LogP) is 0.866. The van der Waals surface area contributed by atoms with Crippen molar-refractivity contribution in [1.29, 1.82) is 0 Å². The van der Waals surface area contributed by atoms with Crippen molar-refractivity contribution in [3.05, 3.63) is 23.8 Å². The smallest absolute Gasteiger partial charge is 0.340 e. The van der Waals surface area contributed by atoms with Crippen LogP contribution in [-0.4, -0.2) is 49.6 Å². The number of fused-ring (bicyclic) bond motifs is 1. The number of amides is 1. The predicted molar refractivity (Wildman–Crippen MR) is 79.1 cm³/mol. The van der Waals surface area contributed by atoms with Crippen molar-refractivity contribution in [3.63, 3.8) is 0 Å². The summed E-state index contributed by atoms with van der Waals surface area (Å²) in [5.74, 6) is -0.146. The first-order chi connectivity index (χ1) is 10.1. The van der Waals surface area contributed by atoms with Crippen LogP contribution in [0.15, 0.2) is 18.2 Å². The van der Waals surface area contributed by atoms with E-state index in [1.54, 1.807) is 12.1 Å². The van der Waals surface area contributed by atoms with Gasteiger partial charge in [0.2, 0.25) is 5.91 Å². The fourth-order valence-electron chi connectivity index (χ4n) is 3.19. The van der Waals surface area contributed by atoms with Crippen LogP contribution in [-0.2, 0) is 9.53 Å². The molecule has 2 N–H and O–H groups in total. The van der Waals surface area contributed by atoms with E-state index in [4.69, 9.17) is 10.5 Å². The van der Waals surface area contributed by atoms with E-state index in [-0.39, 0.29) is 17.9 Å². The van der Waals surface area contributed by atoms with Gasteiger partial charge in [0.05, 0.1) is 18.4 Å². The molecule has 1 aromatic rings. The average Bonchev–Trinajstić information content (AvgIpc) is 2.87. The van der Waals surface area contributed by atoms with Crippen LogP contribution in [0.4, 0.5) is 11.4 Å². The van der Waals surface area contributed by atoms with Gasteiger partial charge < -0.3 is 20.3 Å². The monoisotopic (exact) mass is 289 g/mol. The molecule has 1 unspecified atom stereocenters. The largest absolute Gasteiger partial charge is 0.465 e. The highest BCUT2D eigenvalue weighted by Crippen LogP contribution is 2.29. The number of hydrogen-bond acceptors (Lipinski definition) is 5. The normalized spacial score (nSPS) is 21.4. The Labute approximate surface area is 123 Å². The van der Waals surface area contributed by atoms with Gasteiger partial charge in [-0.15, -0.1) is 0 Å². The molecule has 21 heavy (non-hydrogen) atoms. The van der Waals surface area contributed by atoms with Crippen LogP contribution < -0.4 is 10.6 Å². The molecule has 0 aromatic heterocycles. The molecule has 2 aliphatic heterocycles. The minimum Gasteiger partial charge on any atom is -0.465 e. The van der Waals surface area contributed by atoms with Crippen LogP contribution >= 0.6 is 0 Å². The molecule has 6 heteroatoms. The van der Waals surface area contributed by atoms with E-state index < -0.39 is 0 Å². The second-order valence-corrected chi connectivity index (χ2v) is 5.49. The summed E-state index contributed by atoms with van der Waals surface area (Å²) < 4.78 is 4.84. The van der Waals surface area contributed by atoms with Crippen molar-refractivity contribution >= 4 is 23.3 Å². The first kappa shape index (κ1) is 13.7. The van der Waals surface area contributed by atoms with Crippen LogP contribution in [0.25, 0.3) is 0 Å². The second kappa shape index (κ2) is 5.27. The minimum atomic E-state index is -0.387. The van der Waals surface area contributed by atoms with Gasteiger partial charge in [-0.05, 0) is 24.6 Å². The highest BCUT2D eigenvalue weighted by atomic mass is 16.5. The third kappa shape index (κ3) is 2.41. The number of benzene rings is 1. The molecule has 2 saturated heterocycles. The number of carbonyl (C=O) groups is 2.